The number of aromatic carboxylic acids is 1. The van der Waals surface area contributed by atoms with Crippen LogP contribution in [0.4, 0.5) is 5.69 Å². The van der Waals surface area contributed by atoms with Crippen LogP contribution in [0.25, 0.3) is 22.6 Å². The van der Waals surface area contributed by atoms with Crippen LogP contribution in [0.3, 0.4) is 0 Å². The number of nitrogen functional groups attached to an aromatic ring is 1. The number of carbonyl (C=O) groups is 1. The normalized spacial score (nSPS) is 10.7. The number of carboxylic acids is 1. The first-order chi connectivity index (χ1) is 9.13. The smallest absolute Gasteiger partial charge is 0.335 e. The Morgan fingerprint density at radius 1 is 1.21 bits per heavy atom. The van der Waals surface area contributed by atoms with Crippen LogP contribution < -0.4 is 5.73 Å². The van der Waals surface area contributed by atoms with Crippen LogP contribution in [0, 0.1) is 0 Å². The van der Waals surface area contributed by atoms with E-state index in [2.05, 4.69) is 4.98 Å². The number of anilines is 1. The Morgan fingerprint density at radius 2 is 2.05 bits per heavy atom. The molecule has 1 aromatic heterocycles. The number of nitrogens with two attached hydrogens (primary N) is 1. The standard InChI is InChI=1S/C14H10N2O3/c15-10-3-1-2-8(6-10)13-16-11-7-9(14(17)18)4-5-12(11)19-13/h1-7H,15H2,(H,17,18). The lowest BCUT2D eigenvalue weighted by molar-refractivity contribution is 0.0697. The molecular formula is C14H10N2O3. The maximum Gasteiger partial charge on any atom is 0.335 e. The van der Waals surface area contributed by atoms with E-state index in [1.165, 1.54) is 12.1 Å². The molecule has 0 aliphatic heterocycles. The van der Waals surface area contributed by atoms with E-state index < -0.39 is 5.97 Å². The summed E-state index contributed by atoms with van der Waals surface area (Å²) in [6.07, 6.45) is 0. The summed E-state index contributed by atoms with van der Waals surface area (Å²) in [6, 6.07) is 11.7. The molecule has 0 saturated carbocycles. The maximum atomic E-state index is 10.9. The number of aromatic nitrogens is 1. The summed E-state index contributed by atoms with van der Waals surface area (Å²) in [6.45, 7) is 0. The second-order valence-corrected chi connectivity index (χ2v) is 4.13. The lowest BCUT2D eigenvalue weighted by Gasteiger charge is -1.95. The van der Waals surface area contributed by atoms with E-state index in [1.807, 2.05) is 12.1 Å². The molecule has 0 aliphatic carbocycles. The van der Waals surface area contributed by atoms with Gasteiger partial charge in [0.2, 0.25) is 5.89 Å². The third kappa shape index (κ3) is 2.01. The molecule has 94 valence electrons. The second-order valence-electron chi connectivity index (χ2n) is 4.13. The van der Waals surface area contributed by atoms with Crippen LogP contribution in [-0.4, -0.2) is 16.1 Å². The van der Waals surface area contributed by atoms with Crippen molar-refractivity contribution in [2.24, 2.45) is 0 Å². The van der Waals surface area contributed by atoms with Gasteiger partial charge in [0.15, 0.2) is 5.58 Å². The van der Waals surface area contributed by atoms with E-state index in [-0.39, 0.29) is 5.56 Å². The predicted molar refractivity (Wildman–Crippen MR) is 70.8 cm³/mol. The Hall–Kier alpha value is -2.82. The number of nitrogens with zero attached hydrogens (tertiary/aromatic N) is 1. The van der Waals surface area contributed by atoms with Gasteiger partial charge in [-0.15, -0.1) is 0 Å². The first-order valence-corrected chi connectivity index (χ1v) is 5.63. The molecule has 0 atom stereocenters. The SMILES string of the molecule is Nc1cccc(-c2nc3cc(C(=O)O)ccc3o2)c1. The predicted octanol–water partition coefficient (Wildman–Crippen LogP) is 2.78. The van der Waals surface area contributed by atoms with Crippen molar-refractivity contribution in [2.75, 3.05) is 5.73 Å². The fourth-order valence-corrected chi connectivity index (χ4v) is 1.86. The zero-order chi connectivity index (χ0) is 13.4. The van der Waals surface area contributed by atoms with E-state index in [0.29, 0.717) is 22.7 Å². The van der Waals surface area contributed by atoms with Crippen molar-refractivity contribution in [3.63, 3.8) is 0 Å². The number of carboxylic acid groups (broad SMARTS) is 1. The summed E-state index contributed by atoms with van der Waals surface area (Å²) in [7, 11) is 0. The number of hydrogen-bond donors (Lipinski definition) is 2. The van der Waals surface area contributed by atoms with Gasteiger partial charge in [-0.3, -0.25) is 0 Å². The molecule has 19 heavy (non-hydrogen) atoms. The summed E-state index contributed by atoms with van der Waals surface area (Å²) in [5.74, 6) is -0.569. The van der Waals surface area contributed by atoms with Crippen LogP contribution in [-0.2, 0) is 0 Å². The van der Waals surface area contributed by atoms with Crippen molar-refractivity contribution in [2.45, 2.75) is 0 Å². The fraction of sp³-hybridized carbons (Fsp3) is 0. The second kappa shape index (κ2) is 4.13. The molecule has 0 saturated heterocycles. The maximum absolute atomic E-state index is 10.9. The van der Waals surface area contributed by atoms with Crippen molar-refractivity contribution in [3.8, 4) is 11.5 Å². The van der Waals surface area contributed by atoms with Crippen molar-refractivity contribution < 1.29 is 14.3 Å². The molecule has 3 rings (SSSR count). The summed E-state index contributed by atoms with van der Waals surface area (Å²) in [5.41, 5.74) is 8.32. The third-order valence-electron chi connectivity index (χ3n) is 2.77. The van der Waals surface area contributed by atoms with Crippen LogP contribution in [0.15, 0.2) is 46.9 Å². The number of oxazole rings is 1. The minimum Gasteiger partial charge on any atom is -0.478 e. The number of benzene rings is 2. The van der Waals surface area contributed by atoms with Gasteiger partial charge in [-0.2, -0.15) is 0 Å². The van der Waals surface area contributed by atoms with Crippen molar-refractivity contribution in [3.05, 3.63) is 48.0 Å². The van der Waals surface area contributed by atoms with Crippen LogP contribution >= 0.6 is 0 Å². The molecule has 0 aliphatic rings. The zero-order valence-electron chi connectivity index (χ0n) is 9.83. The summed E-state index contributed by atoms with van der Waals surface area (Å²) < 4.78 is 5.58. The van der Waals surface area contributed by atoms with Crippen LogP contribution in [0.2, 0.25) is 0 Å². The number of rotatable bonds is 2. The molecule has 5 heteroatoms. The molecular weight excluding hydrogens is 244 g/mol. The Kier molecular flexibility index (Phi) is 2.45. The molecule has 0 spiro atoms. The van der Waals surface area contributed by atoms with Gasteiger partial charge < -0.3 is 15.3 Å². The van der Waals surface area contributed by atoms with E-state index in [1.54, 1.807) is 18.2 Å². The van der Waals surface area contributed by atoms with Crippen LogP contribution in [0.5, 0.6) is 0 Å². The van der Waals surface area contributed by atoms with Gasteiger partial charge in [0.1, 0.15) is 5.52 Å². The quantitative estimate of drug-likeness (QED) is 0.686. The molecule has 1 heterocycles. The molecule has 0 unspecified atom stereocenters. The molecule has 5 nitrogen and oxygen atoms in total. The summed E-state index contributed by atoms with van der Waals surface area (Å²) >= 11 is 0. The van der Waals surface area contributed by atoms with Gasteiger partial charge >= 0.3 is 5.97 Å². The summed E-state index contributed by atoms with van der Waals surface area (Å²) in [5, 5.41) is 8.93. The van der Waals surface area contributed by atoms with Crippen molar-refractivity contribution >= 4 is 22.8 Å². The topological polar surface area (TPSA) is 89.3 Å². The van der Waals surface area contributed by atoms with Gasteiger partial charge in [-0.1, -0.05) is 6.07 Å². The third-order valence-corrected chi connectivity index (χ3v) is 2.77. The van der Waals surface area contributed by atoms with Gasteiger partial charge in [-0.05, 0) is 36.4 Å². The van der Waals surface area contributed by atoms with E-state index in [9.17, 15) is 4.79 Å². The highest BCUT2D eigenvalue weighted by atomic mass is 16.4. The highest BCUT2D eigenvalue weighted by Gasteiger charge is 2.11. The Labute approximate surface area is 108 Å². The van der Waals surface area contributed by atoms with E-state index >= 15 is 0 Å². The van der Waals surface area contributed by atoms with E-state index in [4.69, 9.17) is 15.3 Å². The van der Waals surface area contributed by atoms with Gasteiger partial charge in [-0.25, -0.2) is 9.78 Å². The molecule has 0 amide bonds. The molecule has 3 aromatic rings. The lowest BCUT2D eigenvalue weighted by Crippen LogP contribution is -1.94. The monoisotopic (exact) mass is 254 g/mol. The average Bonchev–Trinajstić information content (AvgIpc) is 2.81. The molecule has 0 bridgehead atoms. The fourth-order valence-electron chi connectivity index (χ4n) is 1.86. The Morgan fingerprint density at radius 3 is 2.79 bits per heavy atom. The minimum absolute atomic E-state index is 0.180. The first kappa shape index (κ1) is 11.3. The molecule has 0 radical (unpaired) electrons. The molecule has 3 N–H and O–H groups in total. The number of hydrogen-bond acceptors (Lipinski definition) is 4. The molecule has 0 fully saturated rings. The first-order valence-electron chi connectivity index (χ1n) is 5.63. The Bertz CT molecular complexity index is 777. The molecule has 2 aromatic carbocycles. The van der Waals surface area contributed by atoms with Crippen molar-refractivity contribution in [1.82, 2.24) is 4.98 Å². The van der Waals surface area contributed by atoms with Gasteiger partial charge in [0, 0.05) is 11.3 Å². The summed E-state index contributed by atoms with van der Waals surface area (Å²) in [4.78, 5) is 15.2. The van der Waals surface area contributed by atoms with Gasteiger partial charge in [0.05, 0.1) is 5.56 Å². The van der Waals surface area contributed by atoms with Crippen molar-refractivity contribution in [1.29, 1.82) is 0 Å². The highest BCUT2D eigenvalue weighted by Crippen LogP contribution is 2.26. The zero-order valence-corrected chi connectivity index (χ0v) is 9.83. The van der Waals surface area contributed by atoms with Gasteiger partial charge in [0.25, 0.3) is 0 Å². The Balaban J connectivity index is 2.14. The van der Waals surface area contributed by atoms with Crippen LogP contribution in [0.1, 0.15) is 10.4 Å². The number of fused-ring (bicyclic) bond motifs is 1. The largest absolute Gasteiger partial charge is 0.478 e. The lowest BCUT2D eigenvalue weighted by atomic mass is 10.2. The average molecular weight is 254 g/mol. The highest BCUT2D eigenvalue weighted by molar-refractivity contribution is 5.92. The minimum atomic E-state index is -0.990. The van der Waals surface area contributed by atoms with E-state index in [0.717, 1.165) is 5.56 Å².